The highest BCUT2D eigenvalue weighted by molar-refractivity contribution is 8.00. The second kappa shape index (κ2) is 7.86. The van der Waals surface area contributed by atoms with Gasteiger partial charge in [-0.3, -0.25) is 14.5 Å². The minimum atomic E-state index is -0.0404. The average molecular weight is 409 g/mol. The van der Waals surface area contributed by atoms with Gasteiger partial charge in [-0.2, -0.15) is 0 Å². The molecule has 0 unspecified atom stereocenters. The van der Waals surface area contributed by atoms with E-state index in [9.17, 15) is 9.59 Å². The highest BCUT2D eigenvalue weighted by atomic mass is 32.2. The largest absolute Gasteiger partial charge is 0.326 e. The molecule has 29 heavy (non-hydrogen) atoms. The molecule has 0 spiro atoms. The van der Waals surface area contributed by atoms with Crippen LogP contribution in [0.4, 0.5) is 11.4 Å². The summed E-state index contributed by atoms with van der Waals surface area (Å²) in [6.45, 7) is 6.16. The van der Waals surface area contributed by atoms with E-state index in [2.05, 4.69) is 44.3 Å². The number of benzene rings is 2. The number of carbonyl (C=O) groups excluding carboxylic acids is 2. The third kappa shape index (κ3) is 4.50. The van der Waals surface area contributed by atoms with Crippen LogP contribution in [0.5, 0.6) is 0 Å². The lowest BCUT2D eigenvalue weighted by Gasteiger charge is -2.25. The number of nitrogens with one attached hydrogen (secondary N) is 1. The molecule has 0 bridgehead atoms. The van der Waals surface area contributed by atoms with Crippen LogP contribution in [0.15, 0.2) is 42.5 Å². The number of hydrogen-bond acceptors (Lipinski definition) is 3. The maximum atomic E-state index is 12.7. The topological polar surface area (TPSA) is 49.4 Å². The van der Waals surface area contributed by atoms with Gasteiger partial charge in [0.15, 0.2) is 0 Å². The number of fused-ring (bicyclic) bond motifs is 1. The van der Waals surface area contributed by atoms with Crippen LogP contribution in [0.3, 0.4) is 0 Å². The van der Waals surface area contributed by atoms with E-state index in [4.69, 9.17) is 0 Å². The van der Waals surface area contributed by atoms with E-state index in [1.165, 1.54) is 17.5 Å². The maximum absolute atomic E-state index is 12.7. The number of carbonyl (C=O) groups is 2. The molecule has 1 atom stereocenters. The van der Waals surface area contributed by atoms with Crippen molar-refractivity contribution >= 4 is 35.0 Å². The first-order valence-corrected chi connectivity index (χ1v) is 11.3. The van der Waals surface area contributed by atoms with Gasteiger partial charge in [-0.15, -0.1) is 11.8 Å². The van der Waals surface area contributed by atoms with Gasteiger partial charge in [0, 0.05) is 17.8 Å². The Labute approximate surface area is 177 Å². The number of nitrogens with zero attached hydrogens (tertiary/aromatic N) is 1. The summed E-state index contributed by atoms with van der Waals surface area (Å²) in [5.41, 5.74) is 5.62. The van der Waals surface area contributed by atoms with Gasteiger partial charge in [0.25, 0.3) is 0 Å². The molecule has 0 aromatic heterocycles. The first-order valence-electron chi connectivity index (χ1n) is 10.3. The molecule has 1 aliphatic carbocycles. The van der Waals surface area contributed by atoms with Crippen molar-refractivity contribution in [2.24, 2.45) is 5.41 Å². The van der Waals surface area contributed by atoms with Crippen LogP contribution in [0.2, 0.25) is 0 Å². The van der Waals surface area contributed by atoms with Crippen molar-refractivity contribution < 1.29 is 9.59 Å². The summed E-state index contributed by atoms with van der Waals surface area (Å²) >= 11 is 1.66. The molecule has 1 saturated heterocycles. The summed E-state index contributed by atoms with van der Waals surface area (Å²) in [5.74, 6) is 0.669. The van der Waals surface area contributed by atoms with Gasteiger partial charge in [0.05, 0.1) is 5.75 Å². The first-order chi connectivity index (χ1) is 13.8. The zero-order chi connectivity index (χ0) is 20.6. The first kappa shape index (κ1) is 20.0. The van der Waals surface area contributed by atoms with Crippen LogP contribution in [0.25, 0.3) is 0 Å². The van der Waals surface area contributed by atoms with Crippen LogP contribution in [-0.4, -0.2) is 17.6 Å². The van der Waals surface area contributed by atoms with E-state index in [0.29, 0.717) is 12.2 Å². The van der Waals surface area contributed by atoms with Crippen molar-refractivity contribution in [1.29, 1.82) is 0 Å². The van der Waals surface area contributed by atoms with Crippen LogP contribution in [0.1, 0.15) is 55.7 Å². The molecule has 0 saturated carbocycles. The molecule has 152 valence electrons. The quantitative estimate of drug-likeness (QED) is 0.744. The number of aryl methyl sites for hydroxylation is 2. The Morgan fingerprint density at radius 2 is 1.83 bits per heavy atom. The number of thioether (sulfide) groups is 1. The Morgan fingerprint density at radius 1 is 1.10 bits per heavy atom. The lowest BCUT2D eigenvalue weighted by molar-refractivity contribution is -0.118. The Kier molecular flexibility index (Phi) is 5.43. The lowest BCUT2D eigenvalue weighted by atomic mass is 9.92. The zero-order valence-corrected chi connectivity index (χ0v) is 18.1. The Balaban J connectivity index is 1.51. The van der Waals surface area contributed by atoms with Crippen molar-refractivity contribution in [3.05, 3.63) is 59.2 Å². The minimum Gasteiger partial charge on any atom is -0.326 e. The molecule has 1 heterocycles. The van der Waals surface area contributed by atoms with Crippen LogP contribution in [0, 0.1) is 5.41 Å². The summed E-state index contributed by atoms with van der Waals surface area (Å²) in [6, 6.07) is 14.4. The lowest BCUT2D eigenvalue weighted by Crippen LogP contribution is -2.28. The molecule has 1 aliphatic heterocycles. The fourth-order valence-electron chi connectivity index (χ4n) is 4.08. The number of rotatable bonds is 4. The molecule has 0 radical (unpaired) electrons. The van der Waals surface area contributed by atoms with Gasteiger partial charge in [0.2, 0.25) is 11.8 Å². The standard InChI is InChI=1S/C24H28N2O2S/c1-24(2,3)14-21(27)25-19-10-7-17(8-11-19)23-26(22(28)15-29-23)20-12-9-16-5-4-6-18(16)13-20/h7-13,23H,4-6,14-15H2,1-3H3,(H,25,27)/t23-/m0/s1. The molecule has 2 aliphatic rings. The van der Waals surface area contributed by atoms with Gasteiger partial charge >= 0.3 is 0 Å². The minimum absolute atomic E-state index is 0.0236. The number of amides is 2. The van der Waals surface area contributed by atoms with Crippen molar-refractivity contribution in [1.82, 2.24) is 0 Å². The molecule has 2 aromatic carbocycles. The highest BCUT2D eigenvalue weighted by Gasteiger charge is 2.34. The van der Waals surface area contributed by atoms with Crippen LogP contribution < -0.4 is 10.2 Å². The summed E-state index contributed by atoms with van der Waals surface area (Å²) < 4.78 is 0. The van der Waals surface area contributed by atoms with E-state index in [-0.39, 0.29) is 22.6 Å². The van der Waals surface area contributed by atoms with E-state index < -0.39 is 0 Å². The monoisotopic (exact) mass is 408 g/mol. The van der Waals surface area contributed by atoms with Gasteiger partial charge in [-0.1, -0.05) is 39.0 Å². The molecule has 1 fully saturated rings. The zero-order valence-electron chi connectivity index (χ0n) is 17.3. The molecule has 4 rings (SSSR count). The predicted molar refractivity (Wildman–Crippen MR) is 120 cm³/mol. The molecule has 2 amide bonds. The van der Waals surface area contributed by atoms with Crippen molar-refractivity contribution in [2.45, 2.75) is 51.8 Å². The van der Waals surface area contributed by atoms with Crippen LogP contribution >= 0.6 is 11.8 Å². The Hall–Kier alpha value is -2.27. The molecule has 1 N–H and O–H groups in total. The third-order valence-electron chi connectivity index (χ3n) is 5.40. The number of anilines is 2. The van der Waals surface area contributed by atoms with Gasteiger partial charge < -0.3 is 5.32 Å². The van der Waals surface area contributed by atoms with Crippen molar-refractivity contribution in [3.8, 4) is 0 Å². The average Bonchev–Trinajstić information content (AvgIpc) is 3.26. The van der Waals surface area contributed by atoms with Gasteiger partial charge in [-0.25, -0.2) is 0 Å². The molecular weight excluding hydrogens is 380 g/mol. The van der Waals surface area contributed by atoms with Crippen molar-refractivity contribution in [3.63, 3.8) is 0 Å². The van der Waals surface area contributed by atoms with Gasteiger partial charge in [-0.05, 0) is 65.6 Å². The normalized spacial score (nSPS) is 18.8. The Morgan fingerprint density at radius 3 is 2.55 bits per heavy atom. The van der Waals surface area contributed by atoms with Crippen molar-refractivity contribution in [2.75, 3.05) is 16.0 Å². The summed E-state index contributed by atoms with van der Waals surface area (Å²) in [5, 5.41) is 2.94. The van der Waals surface area contributed by atoms with E-state index in [1.807, 2.05) is 29.2 Å². The highest BCUT2D eigenvalue weighted by Crippen LogP contribution is 2.43. The van der Waals surface area contributed by atoms with E-state index in [1.54, 1.807) is 11.8 Å². The molecular formula is C24H28N2O2S. The fraction of sp³-hybridized carbons (Fsp3) is 0.417. The smallest absolute Gasteiger partial charge is 0.238 e. The molecule has 2 aromatic rings. The third-order valence-corrected chi connectivity index (χ3v) is 6.61. The van der Waals surface area contributed by atoms with E-state index >= 15 is 0 Å². The summed E-state index contributed by atoms with van der Waals surface area (Å²) in [4.78, 5) is 26.8. The van der Waals surface area contributed by atoms with Crippen LogP contribution in [-0.2, 0) is 22.4 Å². The predicted octanol–water partition coefficient (Wildman–Crippen LogP) is 5.33. The summed E-state index contributed by atoms with van der Waals surface area (Å²) in [6.07, 6.45) is 3.93. The molecule has 4 nitrogen and oxygen atoms in total. The SMILES string of the molecule is CC(C)(C)CC(=O)Nc1ccc([C@@H]2SCC(=O)N2c2ccc3c(c2)CCC3)cc1. The second-order valence-electron chi connectivity index (χ2n) is 9.14. The summed E-state index contributed by atoms with van der Waals surface area (Å²) in [7, 11) is 0. The van der Waals surface area contributed by atoms with Gasteiger partial charge in [0.1, 0.15) is 5.37 Å². The molecule has 5 heteroatoms. The fourth-order valence-corrected chi connectivity index (χ4v) is 5.25. The second-order valence-corrected chi connectivity index (χ2v) is 10.2. The number of hydrogen-bond donors (Lipinski definition) is 1. The Bertz CT molecular complexity index is 931. The maximum Gasteiger partial charge on any atom is 0.238 e. The van der Waals surface area contributed by atoms with E-state index in [0.717, 1.165) is 29.8 Å².